The van der Waals surface area contributed by atoms with E-state index in [9.17, 15) is 4.79 Å². The van der Waals surface area contributed by atoms with Gasteiger partial charge in [0.25, 0.3) is 0 Å². The van der Waals surface area contributed by atoms with Crippen LogP contribution in [-0.4, -0.2) is 18.4 Å². The molecule has 0 atom stereocenters. The van der Waals surface area contributed by atoms with Crippen molar-refractivity contribution >= 4 is 18.7 Å². The highest BCUT2D eigenvalue weighted by Gasteiger charge is 2.00. The number of amides is 1. The zero-order valence-corrected chi connectivity index (χ0v) is 7.96. The summed E-state index contributed by atoms with van der Waals surface area (Å²) in [4.78, 5) is 11.0. The number of carbonyl (C=O) groups excluding carboxylic acids is 1. The van der Waals surface area contributed by atoms with Crippen molar-refractivity contribution in [1.29, 1.82) is 0 Å². The number of thiol groups is 1. The fourth-order valence-electron chi connectivity index (χ4n) is 0.790. The highest BCUT2D eigenvalue weighted by atomic mass is 32.1. The number of hydrogen-bond donors (Lipinski definition) is 2. The average molecular weight is 197 g/mol. The molecule has 13 heavy (non-hydrogen) atoms. The summed E-state index contributed by atoms with van der Waals surface area (Å²) in [6, 6.07) is 8.92. The van der Waals surface area contributed by atoms with Crippen molar-refractivity contribution in [3.05, 3.63) is 30.3 Å². The summed E-state index contributed by atoms with van der Waals surface area (Å²) < 4.78 is 4.93. The van der Waals surface area contributed by atoms with E-state index in [0.29, 0.717) is 18.0 Å². The van der Waals surface area contributed by atoms with Gasteiger partial charge in [-0.2, -0.15) is 12.6 Å². The Kier molecular flexibility index (Phi) is 4.18. The molecule has 0 aliphatic rings. The van der Waals surface area contributed by atoms with E-state index in [1.54, 1.807) is 24.3 Å². The van der Waals surface area contributed by atoms with Crippen LogP contribution in [0.4, 0.5) is 4.79 Å². The first-order valence-electron chi connectivity index (χ1n) is 3.94. The van der Waals surface area contributed by atoms with Gasteiger partial charge in [0, 0.05) is 12.3 Å². The second kappa shape index (κ2) is 5.48. The van der Waals surface area contributed by atoms with Gasteiger partial charge in [-0.15, -0.1) is 0 Å². The summed E-state index contributed by atoms with van der Waals surface area (Å²) >= 11 is 3.95. The van der Waals surface area contributed by atoms with Crippen molar-refractivity contribution in [3.8, 4) is 5.75 Å². The number of ether oxygens (including phenoxy) is 1. The van der Waals surface area contributed by atoms with Crippen molar-refractivity contribution in [3.63, 3.8) is 0 Å². The van der Waals surface area contributed by atoms with Crippen molar-refractivity contribution in [1.82, 2.24) is 5.32 Å². The Morgan fingerprint density at radius 2 is 2.08 bits per heavy atom. The Labute approximate surface area is 82.5 Å². The van der Waals surface area contributed by atoms with E-state index in [-0.39, 0.29) is 0 Å². The van der Waals surface area contributed by atoms with Gasteiger partial charge in [-0.25, -0.2) is 4.79 Å². The summed E-state index contributed by atoms with van der Waals surface area (Å²) in [5.74, 6) is 1.14. The number of hydrogen-bond acceptors (Lipinski definition) is 3. The van der Waals surface area contributed by atoms with E-state index < -0.39 is 6.09 Å². The zero-order chi connectivity index (χ0) is 9.52. The molecule has 0 radical (unpaired) electrons. The normalized spacial score (nSPS) is 9.31. The predicted molar refractivity (Wildman–Crippen MR) is 54.3 cm³/mol. The van der Waals surface area contributed by atoms with Crippen molar-refractivity contribution in [2.45, 2.75) is 0 Å². The Hall–Kier alpha value is -1.16. The van der Waals surface area contributed by atoms with E-state index in [4.69, 9.17) is 4.74 Å². The molecule has 0 aromatic heterocycles. The Bertz CT molecular complexity index is 264. The number of carbonyl (C=O) groups is 1. The minimum Gasteiger partial charge on any atom is -0.410 e. The highest BCUT2D eigenvalue weighted by molar-refractivity contribution is 7.80. The van der Waals surface area contributed by atoms with Crippen LogP contribution in [0.2, 0.25) is 0 Å². The van der Waals surface area contributed by atoms with Crippen LogP contribution in [0, 0.1) is 0 Å². The van der Waals surface area contributed by atoms with Crippen molar-refractivity contribution < 1.29 is 9.53 Å². The first-order chi connectivity index (χ1) is 6.33. The molecule has 1 aromatic rings. The van der Waals surface area contributed by atoms with Crippen molar-refractivity contribution in [2.24, 2.45) is 0 Å². The van der Waals surface area contributed by atoms with Crippen LogP contribution >= 0.6 is 12.6 Å². The molecule has 4 heteroatoms. The molecule has 1 rings (SSSR count). The van der Waals surface area contributed by atoms with Gasteiger partial charge < -0.3 is 10.1 Å². The Morgan fingerprint density at radius 1 is 1.38 bits per heavy atom. The maximum Gasteiger partial charge on any atom is 0.412 e. The fraction of sp³-hybridized carbons (Fsp3) is 0.222. The zero-order valence-electron chi connectivity index (χ0n) is 7.06. The van der Waals surface area contributed by atoms with E-state index in [1.165, 1.54) is 0 Å². The summed E-state index contributed by atoms with van der Waals surface area (Å²) in [5, 5.41) is 2.54. The molecule has 0 bridgehead atoms. The molecule has 0 saturated carbocycles. The molecular weight excluding hydrogens is 186 g/mol. The van der Waals surface area contributed by atoms with Gasteiger partial charge in [-0.3, -0.25) is 0 Å². The Balaban J connectivity index is 2.37. The number of rotatable bonds is 3. The standard InChI is InChI=1S/C9H11NO2S/c11-9(10-6-7-13)12-8-4-2-1-3-5-8/h1-5,13H,6-7H2,(H,10,11). The van der Waals surface area contributed by atoms with Gasteiger partial charge in [0.15, 0.2) is 0 Å². The lowest BCUT2D eigenvalue weighted by atomic mass is 10.3. The van der Waals surface area contributed by atoms with Crippen LogP contribution in [0.3, 0.4) is 0 Å². The molecule has 0 heterocycles. The molecule has 1 aromatic carbocycles. The highest BCUT2D eigenvalue weighted by Crippen LogP contribution is 2.07. The molecule has 0 aliphatic heterocycles. The van der Waals surface area contributed by atoms with Gasteiger partial charge in [0.1, 0.15) is 5.75 Å². The van der Waals surface area contributed by atoms with Crippen LogP contribution in [0.5, 0.6) is 5.75 Å². The van der Waals surface area contributed by atoms with Crippen LogP contribution in [0.1, 0.15) is 0 Å². The first-order valence-corrected chi connectivity index (χ1v) is 4.58. The lowest BCUT2D eigenvalue weighted by Gasteiger charge is -2.04. The summed E-state index contributed by atoms with van der Waals surface area (Å²) in [6.07, 6.45) is -0.444. The Morgan fingerprint density at radius 3 is 2.69 bits per heavy atom. The third-order valence-electron chi connectivity index (χ3n) is 1.33. The maximum atomic E-state index is 11.0. The first kappa shape index (κ1) is 9.92. The molecule has 70 valence electrons. The third kappa shape index (κ3) is 3.85. The second-order valence-corrected chi connectivity index (χ2v) is 2.80. The minimum absolute atomic E-state index is 0.444. The largest absolute Gasteiger partial charge is 0.412 e. The van der Waals surface area contributed by atoms with Crippen LogP contribution in [0.25, 0.3) is 0 Å². The number of benzene rings is 1. The smallest absolute Gasteiger partial charge is 0.410 e. The minimum atomic E-state index is -0.444. The van der Waals surface area contributed by atoms with E-state index in [1.807, 2.05) is 6.07 Å². The quantitative estimate of drug-likeness (QED) is 0.724. The van der Waals surface area contributed by atoms with Gasteiger partial charge in [0.05, 0.1) is 0 Å². The summed E-state index contributed by atoms with van der Waals surface area (Å²) in [5.41, 5.74) is 0. The van der Waals surface area contributed by atoms with Crippen LogP contribution < -0.4 is 10.1 Å². The maximum absolute atomic E-state index is 11.0. The third-order valence-corrected chi connectivity index (χ3v) is 1.56. The molecule has 0 saturated heterocycles. The fourth-order valence-corrected chi connectivity index (χ4v) is 0.901. The lowest BCUT2D eigenvalue weighted by Crippen LogP contribution is -2.28. The summed E-state index contributed by atoms with van der Waals surface area (Å²) in [7, 11) is 0. The van der Waals surface area contributed by atoms with E-state index in [2.05, 4.69) is 17.9 Å². The monoisotopic (exact) mass is 197 g/mol. The van der Waals surface area contributed by atoms with E-state index in [0.717, 1.165) is 0 Å². The summed E-state index contributed by atoms with van der Waals surface area (Å²) in [6.45, 7) is 0.509. The topological polar surface area (TPSA) is 38.3 Å². The van der Waals surface area contributed by atoms with Crippen molar-refractivity contribution in [2.75, 3.05) is 12.3 Å². The molecule has 0 aliphatic carbocycles. The molecular formula is C9H11NO2S. The molecule has 3 nitrogen and oxygen atoms in total. The van der Waals surface area contributed by atoms with Gasteiger partial charge >= 0.3 is 6.09 Å². The second-order valence-electron chi connectivity index (χ2n) is 2.35. The lowest BCUT2D eigenvalue weighted by molar-refractivity contribution is 0.201. The average Bonchev–Trinajstić information content (AvgIpc) is 2.16. The molecule has 1 N–H and O–H groups in total. The molecule has 0 fully saturated rings. The number of para-hydroxylation sites is 1. The van der Waals surface area contributed by atoms with Gasteiger partial charge in [-0.1, -0.05) is 18.2 Å². The van der Waals surface area contributed by atoms with Gasteiger partial charge in [-0.05, 0) is 12.1 Å². The molecule has 0 spiro atoms. The van der Waals surface area contributed by atoms with Gasteiger partial charge in [0.2, 0.25) is 0 Å². The van der Waals surface area contributed by atoms with E-state index >= 15 is 0 Å². The molecule has 1 amide bonds. The van der Waals surface area contributed by atoms with Crippen LogP contribution in [-0.2, 0) is 0 Å². The predicted octanol–water partition coefficient (Wildman–Crippen LogP) is 1.70. The number of nitrogens with one attached hydrogen (secondary N) is 1. The SMILES string of the molecule is O=C(NCCS)Oc1ccccc1. The van der Waals surface area contributed by atoms with Crippen LogP contribution in [0.15, 0.2) is 30.3 Å². The molecule has 0 unspecified atom stereocenters.